The van der Waals surface area contributed by atoms with Crippen LogP contribution in [0.5, 0.6) is 0 Å². The van der Waals surface area contributed by atoms with Gasteiger partial charge in [-0.2, -0.15) is 0 Å². The van der Waals surface area contributed by atoms with E-state index in [0.29, 0.717) is 11.2 Å². The van der Waals surface area contributed by atoms with Crippen molar-refractivity contribution in [3.8, 4) is 0 Å². The Kier molecular flexibility index (Phi) is 5.30. The van der Waals surface area contributed by atoms with Crippen molar-refractivity contribution in [2.24, 2.45) is 11.3 Å². The van der Waals surface area contributed by atoms with E-state index in [1.165, 1.54) is 64.7 Å². The van der Waals surface area contributed by atoms with Crippen molar-refractivity contribution in [3.05, 3.63) is 11.8 Å². The van der Waals surface area contributed by atoms with Gasteiger partial charge in [0.05, 0.1) is 0 Å². The molecule has 7 heteroatoms. The topological polar surface area (TPSA) is 73.1 Å². The fraction of sp³-hybridized carbons (Fsp3) is 0.826. The number of anilines is 1. The van der Waals surface area contributed by atoms with E-state index >= 15 is 0 Å². The lowest BCUT2D eigenvalue weighted by molar-refractivity contribution is -0.140. The van der Waals surface area contributed by atoms with Crippen molar-refractivity contribution in [1.82, 2.24) is 15.0 Å². The van der Waals surface area contributed by atoms with Crippen LogP contribution in [0.4, 0.5) is 5.82 Å². The molecule has 5 rings (SSSR count). The van der Waals surface area contributed by atoms with Crippen LogP contribution in [0.3, 0.4) is 0 Å². The van der Waals surface area contributed by atoms with Crippen LogP contribution in [-0.2, 0) is 4.79 Å². The van der Waals surface area contributed by atoms with Gasteiger partial charge in [0.25, 0.3) is 0 Å². The molecule has 7 nitrogen and oxygen atoms in total. The monoisotopic (exact) mass is 416 g/mol. The Hall–Kier alpha value is -1.60. The fourth-order valence-electron chi connectivity index (χ4n) is 6.46. The summed E-state index contributed by atoms with van der Waals surface area (Å²) in [6.07, 6.45) is 8.14. The second-order valence-corrected chi connectivity index (χ2v) is 10.6. The van der Waals surface area contributed by atoms with E-state index in [9.17, 15) is 9.90 Å². The lowest BCUT2D eigenvalue weighted by Crippen LogP contribution is -2.61. The van der Waals surface area contributed by atoms with Gasteiger partial charge in [0.15, 0.2) is 11.6 Å². The van der Waals surface area contributed by atoms with Gasteiger partial charge in [0.2, 0.25) is 0 Å². The number of hydrogen-bond acceptors (Lipinski definition) is 6. The Bertz CT molecular complexity index is 762. The zero-order valence-electron chi connectivity index (χ0n) is 18.4. The molecule has 1 aromatic rings. The minimum absolute atomic E-state index is 0.0222. The van der Waals surface area contributed by atoms with Gasteiger partial charge < -0.3 is 19.4 Å². The summed E-state index contributed by atoms with van der Waals surface area (Å²) in [5.41, 5.74) is 0.408. The lowest BCUT2D eigenvalue weighted by atomic mass is 9.72. The molecule has 0 aromatic carbocycles. The van der Waals surface area contributed by atoms with Gasteiger partial charge in [-0.3, -0.25) is 9.69 Å². The van der Waals surface area contributed by atoms with Gasteiger partial charge in [-0.15, -0.1) is 0 Å². The number of hydrogen-bond donors (Lipinski definition) is 1. The second kappa shape index (κ2) is 7.83. The maximum Gasteiger partial charge on any atom is 0.314 e. The number of likely N-dealkylation sites (tertiary alicyclic amines) is 1. The molecule has 4 aliphatic rings. The molecule has 0 saturated carbocycles. The first-order valence-corrected chi connectivity index (χ1v) is 11.9. The first-order valence-electron chi connectivity index (χ1n) is 11.9. The first-order chi connectivity index (χ1) is 14.4. The SMILES string of the molecule is CC(C)C(C(=O)O)c1cc(N2CC3(CCN(CC4CCC5CCCN54)CC3)C2)no1. The molecule has 0 bridgehead atoms. The van der Waals surface area contributed by atoms with Crippen LogP contribution in [0, 0.1) is 11.3 Å². The maximum absolute atomic E-state index is 11.6. The van der Waals surface area contributed by atoms with E-state index in [4.69, 9.17) is 4.52 Å². The van der Waals surface area contributed by atoms with E-state index in [0.717, 1.165) is 31.0 Å². The molecule has 0 radical (unpaired) electrons. The number of aromatic nitrogens is 1. The van der Waals surface area contributed by atoms with Crippen LogP contribution in [0.15, 0.2) is 10.6 Å². The van der Waals surface area contributed by atoms with Crippen molar-refractivity contribution in [2.75, 3.05) is 44.2 Å². The van der Waals surface area contributed by atoms with Crippen molar-refractivity contribution in [3.63, 3.8) is 0 Å². The first kappa shape index (κ1) is 20.3. The van der Waals surface area contributed by atoms with Crippen LogP contribution in [0.2, 0.25) is 0 Å². The number of carbonyl (C=O) groups is 1. The van der Waals surface area contributed by atoms with E-state index in [2.05, 4.69) is 19.9 Å². The van der Waals surface area contributed by atoms with Gasteiger partial charge in [0, 0.05) is 43.2 Å². The summed E-state index contributed by atoms with van der Waals surface area (Å²) in [7, 11) is 0. The molecule has 0 aliphatic carbocycles. The highest BCUT2D eigenvalue weighted by Gasteiger charge is 2.47. The third-order valence-corrected chi connectivity index (χ3v) is 8.24. The molecule has 0 amide bonds. The number of nitrogens with zero attached hydrogens (tertiary/aromatic N) is 4. The van der Waals surface area contributed by atoms with Crippen LogP contribution in [0.1, 0.15) is 64.1 Å². The van der Waals surface area contributed by atoms with Crippen LogP contribution in [0.25, 0.3) is 0 Å². The molecular formula is C23H36N4O3. The van der Waals surface area contributed by atoms with Gasteiger partial charge >= 0.3 is 5.97 Å². The summed E-state index contributed by atoms with van der Waals surface area (Å²) in [4.78, 5) is 19.3. The highest BCUT2D eigenvalue weighted by Crippen LogP contribution is 2.43. The third kappa shape index (κ3) is 3.64. The molecule has 5 heterocycles. The summed E-state index contributed by atoms with van der Waals surface area (Å²) < 4.78 is 5.42. The minimum Gasteiger partial charge on any atom is -0.481 e. The molecule has 3 unspecified atom stereocenters. The Morgan fingerprint density at radius 2 is 2.00 bits per heavy atom. The zero-order chi connectivity index (χ0) is 20.9. The minimum atomic E-state index is -0.845. The van der Waals surface area contributed by atoms with E-state index in [1.54, 1.807) is 0 Å². The van der Waals surface area contributed by atoms with Crippen LogP contribution in [-0.4, -0.2) is 77.4 Å². The summed E-state index contributed by atoms with van der Waals surface area (Å²) in [6, 6.07) is 3.52. The molecule has 4 aliphatic heterocycles. The molecule has 4 saturated heterocycles. The Labute approximate surface area is 179 Å². The molecule has 1 aromatic heterocycles. The molecule has 4 fully saturated rings. The summed E-state index contributed by atoms with van der Waals surface area (Å²) >= 11 is 0. The highest BCUT2D eigenvalue weighted by atomic mass is 16.5. The predicted molar refractivity (Wildman–Crippen MR) is 115 cm³/mol. The molecular weight excluding hydrogens is 380 g/mol. The number of carboxylic acids is 1. The summed E-state index contributed by atoms with van der Waals surface area (Å²) in [5, 5.41) is 13.7. The summed E-state index contributed by atoms with van der Waals surface area (Å²) in [6.45, 7) is 10.8. The molecule has 3 atom stereocenters. The van der Waals surface area contributed by atoms with Gasteiger partial charge in [0.1, 0.15) is 5.92 Å². The smallest absolute Gasteiger partial charge is 0.314 e. The molecule has 30 heavy (non-hydrogen) atoms. The maximum atomic E-state index is 11.6. The van der Waals surface area contributed by atoms with Gasteiger partial charge in [-0.05, 0) is 64.1 Å². The number of piperidine rings is 1. The van der Waals surface area contributed by atoms with E-state index in [-0.39, 0.29) is 5.92 Å². The molecule has 166 valence electrons. The average Bonchev–Trinajstić information content (AvgIpc) is 3.39. The Balaban J connectivity index is 1.12. The summed E-state index contributed by atoms with van der Waals surface area (Å²) in [5.74, 6) is -0.222. The number of aliphatic carboxylic acids is 1. The van der Waals surface area contributed by atoms with Crippen LogP contribution < -0.4 is 4.90 Å². The normalized spacial score (nSPS) is 30.0. The molecule has 1 N–H and O–H groups in total. The highest BCUT2D eigenvalue weighted by molar-refractivity contribution is 5.75. The van der Waals surface area contributed by atoms with Crippen molar-refractivity contribution in [1.29, 1.82) is 0 Å². The van der Waals surface area contributed by atoms with Gasteiger partial charge in [-0.1, -0.05) is 19.0 Å². The quantitative estimate of drug-likeness (QED) is 0.764. The number of carboxylic acid groups (broad SMARTS) is 1. The van der Waals surface area contributed by atoms with Gasteiger partial charge in [-0.25, -0.2) is 0 Å². The van der Waals surface area contributed by atoms with Crippen molar-refractivity contribution in [2.45, 2.75) is 70.4 Å². The van der Waals surface area contributed by atoms with Crippen LogP contribution >= 0.6 is 0 Å². The number of rotatable bonds is 6. The fourth-order valence-corrected chi connectivity index (χ4v) is 6.46. The second-order valence-electron chi connectivity index (χ2n) is 10.6. The van der Waals surface area contributed by atoms with E-state index < -0.39 is 11.9 Å². The third-order valence-electron chi connectivity index (χ3n) is 8.24. The average molecular weight is 417 g/mol. The van der Waals surface area contributed by atoms with Crippen molar-refractivity contribution >= 4 is 11.8 Å². The lowest BCUT2D eigenvalue weighted by Gasteiger charge is -2.54. The zero-order valence-corrected chi connectivity index (χ0v) is 18.4. The standard InChI is InChI=1S/C23H36N4O3/c1-16(2)21(22(28)29)19-12-20(24-30-19)26-14-23(15-26)7-10-25(11-8-23)13-18-6-5-17-4-3-9-27(17)18/h12,16-18,21H,3-11,13-15H2,1-2H3,(H,28,29). The van der Waals surface area contributed by atoms with E-state index in [1.807, 2.05) is 19.9 Å². The predicted octanol–water partition coefficient (Wildman–Crippen LogP) is 3.03. The van der Waals surface area contributed by atoms with Crippen molar-refractivity contribution < 1.29 is 14.4 Å². The Morgan fingerprint density at radius 1 is 1.23 bits per heavy atom. The Morgan fingerprint density at radius 3 is 2.70 bits per heavy atom. The molecule has 1 spiro atoms. The largest absolute Gasteiger partial charge is 0.481 e. The number of fused-ring (bicyclic) bond motifs is 1.